The molecular weight excluding hydrogens is 268 g/mol. The molecule has 2 saturated heterocycles. The van der Waals surface area contributed by atoms with Gasteiger partial charge in [0.25, 0.3) is 0 Å². The maximum atomic E-state index is 11.9. The standard InChI is InChI=1S/C15H28N4O2/c1-2-16-15(21)17-14(20)12-19-10-6-7-13(19)11-18-8-4-3-5-9-18/h13H,2-12H2,1H3,(H2,16,17,20,21)/t13-/m0/s1. The molecule has 3 amide bonds. The molecule has 1 atom stereocenters. The lowest BCUT2D eigenvalue weighted by atomic mass is 10.1. The lowest BCUT2D eigenvalue weighted by Crippen LogP contribution is -2.48. The minimum atomic E-state index is -0.394. The van der Waals surface area contributed by atoms with Gasteiger partial charge in [-0.2, -0.15) is 0 Å². The molecule has 2 aliphatic heterocycles. The maximum Gasteiger partial charge on any atom is 0.321 e. The number of urea groups is 1. The van der Waals surface area contributed by atoms with Gasteiger partial charge in [0.1, 0.15) is 0 Å². The van der Waals surface area contributed by atoms with Crippen molar-refractivity contribution < 1.29 is 9.59 Å². The number of carbonyl (C=O) groups is 2. The first-order valence-corrected chi connectivity index (χ1v) is 8.23. The molecule has 0 aromatic carbocycles. The Morgan fingerprint density at radius 2 is 1.86 bits per heavy atom. The molecule has 0 aromatic heterocycles. The van der Waals surface area contributed by atoms with E-state index < -0.39 is 6.03 Å². The lowest BCUT2D eigenvalue weighted by Gasteiger charge is -2.32. The van der Waals surface area contributed by atoms with Crippen molar-refractivity contribution in [3.8, 4) is 0 Å². The lowest BCUT2D eigenvalue weighted by molar-refractivity contribution is -0.121. The van der Waals surface area contributed by atoms with Crippen LogP contribution < -0.4 is 10.6 Å². The molecular formula is C15H28N4O2. The summed E-state index contributed by atoms with van der Waals surface area (Å²) < 4.78 is 0. The molecule has 6 nitrogen and oxygen atoms in total. The number of rotatable bonds is 5. The molecule has 2 fully saturated rings. The largest absolute Gasteiger partial charge is 0.338 e. The van der Waals surface area contributed by atoms with Gasteiger partial charge in [0.05, 0.1) is 6.54 Å². The number of hydrogen-bond donors (Lipinski definition) is 2. The highest BCUT2D eigenvalue weighted by Crippen LogP contribution is 2.19. The smallest absolute Gasteiger partial charge is 0.321 e. The number of likely N-dealkylation sites (tertiary alicyclic amines) is 2. The second-order valence-electron chi connectivity index (χ2n) is 6.04. The van der Waals surface area contributed by atoms with Crippen LogP contribution in [0.4, 0.5) is 4.79 Å². The van der Waals surface area contributed by atoms with Gasteiger partial charge in [0.15, 0.2) is 0 Å². The summed E-state index contributed by atoms with van der Waals surface area (Å²) in [5.74, 6) is -0.202. The fraction of sp³-hybridized carbons (Fsp3) is 0.867. The first kappa shape index (κ1) is 16.2. The molecule has 2 heterocycles. The summed E-state index contributed by atoms with van der Waals surface area (Å²) in [6.45, 7) is 7.09. The van der Waals surface area contributed by atoms with Crippen LogP contribution in [0, 0.1) is 0 Å². The highest BCUT2D eigenvalue weighted by atomic mass is 16.2. The summed E-state index contributed by atoms with van der Waals surface area (Å²) in [6.07, 6.45) is 6.24. The van der Waals surface area contributed by atoms with Crippen molar-refractivity contribution in [2.75, 3.05) is 39.3 Å². The van der Waals surface area contributed by atoms with E-state index in [2.05, 4.69) is 20.4 Å². The second-order valence-corrected chi connectivity index (χ2v) is 6.04. The zero-order chi connectivity index (χ0) is 15.1. The van der Waals surface area contributed by atoms with Gasteiger partial charge in [-0.25, -0.2) is 4.79 Å². The van der Waals surface area contributed by atoms with Gasteiger partial charge < -0.3 is 10.2 Å². The Hall–Kier alpha value is -1.14. The minimum absolute atomic E-state index is 0.202. The first-order valence-electron chi connectivity index (χ1n) is 8.23. The number of imide groups is 1. The molecule has 0 radical (unpaired) electrons. The Morgan fingerprint density at radius 1 is 1.10 bits per heavy atom. The second kappa shape index (κ2) is 8.34. The highest BCUT2D eigenvalue weighted by molar-refractivity contribution is 5.95. The molecule has 2 rings (SSSR count). The molecule has 0 aliphatic carbocycles. The maximum absolute atomic E-state index is 11.9. The van der Waals surface area contributed by atoms with Crippen molar-refractivity contribution >= 4 is 11.9 Å². The summed E-state index contributed by atoms with van der Waals surface area (Å²) in [4.78, 5) is 28.0. The summed E-state index contributed by atoms with van der Waals surface area (Å²) >= 11 is 0. The van der Waals surface area contributed by atoms with E-state index in [9.17, 15) is 9.59 Å². The van der Waals surface area contributed by atoms with E-state index in [1.165, 1.54) is 32.4 Å². The number of amides is 3. The van der Waals surface area contributed by atoms with Crippen LogP contribution in [-0.2, 0) is 4.79 Å². The summed E-state index contributed by atoms with van der Waals surface area (Å²) in [6, 6.07) is 0.0670. The Labute approximate surface area is 127 Å². The molecule has 120 valence electrons. The fourth-order valence-electron chi connectivity index (χ4n) is 3.31. The van der Waals surface area contributed by atoms with E-state index >= 15 is 0 Å². The van der Waals surface area contributed by atoms with Gasteiger partial charge in [-0.1, -0.05) is 6.42 Å². The molecule has 0 spiro atoms. The van der Waals surface area contributed by atoms with Crippen LogP contribution in [-0.4, -0.2) is 67.0 Å². The van der Waals surface area contributed by atoms with Crippen molar-refractivity contribution in [3.05, 3.63) is 0 Å². The molecule has 0 bridgehead atoms. The molecule has 2 N–H and O–H groups in total. The van der Waals surface area contributed by atoms with E-state index in [1.54, 1.807) is 0 Å². The Morgan fingerprint density at radius 3 is 2.57 bits per heavy atom. The molecule has 0 unspecified atom stereocenters. The predicted octanol–water partition coefficient (Wildman–Crippen LogP) is 0.782. The van der Waals surface area contributed by atoms with Crippen LogP contribution >= 0.6 is 0 Å². The number of piperidine rings is 1. The van der Waals surface area contributed by atoms with Gasteiger partial charge in [-0.3, -0.25) is 15.0 Å². The topological polar surface area (TPSA) is 64.7 Å². The van der Waals surface area contributed by atoms with Crippen molar-refractivity contribution in [2.24, 2.45) is 0 Å². The molecule has 0 saturated carbocycles. The van der Waals surface area contributed by atoms with Gasteiger partial charge in [0, 0.05) is 19.1 Å². The van der Waals surface area contributed by atoms with Crippen LogP contribution in [0.1, 0.15) is 39.0 Å². The van der Waals surface area contributed by atoms with E-state index in [-0.39, 0.29) is 5.91 Å². The molecule has 2 aliphatic rings. The fourth-order valence-corrected chi connectivity index (χ4v) is 3.31. The summed E-state index contributed by atoms with van der Waals surface area (Å²) in [5.41, 5.74) is 0. The van der Waals surface area contributed by atoms with Crippen LogP contribution in [0.3, 0.4) is 0 Å². The van der Waals surface area contributed by atoms with Crippen molar-refractivity contribution in [1.82, 2.24) is 20.4 Å². The quantitative estimate of drug-likeness (QED) is 0.787. The third kappa shape index (κ3) is 5.28. The number of carbonyl (C=O) groups excluding carboxylic acids is 2. The normalized spacial score (nSPS) is 24.0. The average Bonchev–Trinajstić information content (AvgIpc) is 2.87. The molecule has 6 heteroatoms. The summed E-state index contributed by atoms with van der Waals surface area (Å²) in [7, 11) is 0. The highest BCUT2D eigenvalue weighted by Gasteiger charge is 2.28. The molecule has 21 heavy (non-hydrogen) atoms. The Kier molecular flexibility index (Phi) is 6.45. The average molecular weight is 296 g/mol. The Bertz CT molecular complexity index is 356. The van der Waals surface area contributed by atoms with Crippen LogP contribution in [0.15, 0.2) is 0 Å². The Balaban J connectivity index is 1.75. The SMILES string of the molecule is CCNC(=O)NC(=O)CN1CCC[C@H]1CN1CCCCC1. The van der Waals surface area contributed by atoms with Crippen LogP contribution in [0.5, 0.6) is 0 Å². The zero-order valence-electron chi connectivity index (χ0n) is 13.1. The van der Waals surface area contributed by atoms with Crippen LogP contribution in [0.25, 0.3) is 0 Å². The van der Waals surface area contributed by atoms with Crippen molar-refractivity contribution in [1.29, 1.82) is 0 Å². The molecule has 0 aromatic rings. The van der Waals surface area contributed by atoms with Crippen molar-refractivity contribution in [3.63, 3.8) is 0 Å². The number of hydrogen-bond acceptors (Lipinski definition) is 4. The monoisotopic (exact) mass is 296 g/mol. The van der Waals surface area contributed by atoms with Crippen LogP contribution in [0.2, 0.25) is 0 Å². The van der Waals surface area contributed by atoms with Gasteiger partial charge in [-0.15, -0.1) is 0 Å². The van der Waals surface area contributed by atoms with Gasteiger partial charge >= 0.3 is 6.03 Å². The third-order valence-electron chi connectivity index (χ3n) is 4.35. The third-order valence-corrected chi connectivity index (χ3v) is 4.35. The van der Waals surface area contributed by atoms with E-state index in [0.717, 1.165) is 25.9 Å². The predicted molar refractivity (Wildman–Crippen MR) is 82.1 cm³/mol. The van der Waals surface area contributed by atoms with Gasteiger partial charge in [0.2, 0.25) is 5.91 Å². The first-order chi connectivity index (χ1) is 10.2. The zero-order valence-corrected chi connectivity index (χ0v) is 13.1. The minimum Gasteiger partial charge on any atom is -0.338 e. The summed E-state index contributed by atoms with van der Waals surface area (Å²) in [5, 5.41) is 4.97. The van der Waals surface area contributed by atoms with E-state index in [4.69, 9.17) is 0 Å². The van der Waals surface area contributed by atoms with E-state index in [1.807, 2.05) is 6.92 Å². The van der Waals surface area contributed by atoms with Gasteiger partial charge in [-0.05, 0) is 52.2 Å². The number of nitrogens with zero attached hydrogens (tertiary/aromatic N) is 2. The van der Waals surface area contributed by atoms with E-state index in [0.29, 0.717) is 19.1 Å². The van der Waals surface area contributed by atoms with Crippen molar-refractivity contribution in [2.45, 2.75) is 45.1 Å². The number of nitrogens with one attached hydrogen (secondary N) is 2.